The average molecular weight is 397 g/mol. The summed E-state index contributed by atoms with van der Waals surface area (Å²) in [5.74, 6) is 5.57. The van der Waals surface area contributed by atoms with E-state index in [1.54, 1.807) is 0 Å². The molecule has 0 radical (unpaired) electrons. The van der Waals surface area contributed by atoms with Crippen LogP contribution in [0.3, 0.4) is 0 Å². The molecule has 0 nitrogen and oxygen atoms in total. The van der Waals surface area contributed by atoms with E-state index in [4.69, 9.17) is 0 Å². The van der Waals surface area contributed by atoms with Crippen LogP contribution in [0.25, 0.3) is 0 Å². The summed E-state index contributed by atoms with van der Waals surface area (Å²) in [5.41, 5.74) is 4.09. The molecule has 8 unspecified atom stereocenters. The summed E-state index contributed by atoms with van der Waals surface area (Å²) in [6, 6.07) is 0. The van der Waals surface area contributed by atoms with Crippen LogP contribution >= 0.6 is 0 Å². The Morgan fingerprint density at radius 3 is 2.31 bits per heavy atom. The van der Waals surface area contributed by atoms with Crippen molar-refractivity contribution in [3.63, 3.8) is 0 Å². The first-order valence-electron chi connectivity index (χ1n) is 13.2. The zero-order valence-electron chi connectivity index (χ0n) is 20.6. The molecule has 5 rings (SSSR count). The third kappa shape index (κ3) is 2.56. The van der Waals surface area contributed by atoms with E-state index in [1.807, 2.05) is 5.57 Å². The summed E-state index contributed by atoms with van der Waals surface area (Å²) < 4.78 is 0. The van der Waals surface area contributed by atoms with Crippen LogP contribution in [0.2, 0.25) is 0 Å². The molecule has 164 valence electrons. The molecule has 0 aromatic carbocycles. The highest BCUT2D eigenvalue weighted by Gasteiger charge is 2.67. The summed E-state index contributed by atoms with van der Waals surface area (Å²) in [4.78, 5) is 0. The van der Waals surface area contributed by atoms with Crippen LogP contribution in [-0.2, 0) is 0 Å². The normalized spacial score (nSPS) is 53.5. The average Bonchev–Trinajstić information content (AvgIpc) is 3.06. The lowest BCUT2D eigenvalue weighted by Gasteiger charge is -2.71. The van der Waals surface area contributed by atoms with Crippen molar-refractivity contribution < 1.29 is 0 Å². The summed E-state index contributed by atoms with van der Waals surface area (Å²) in [7, 11) is 0. The molecule has 0 bridgehead atoms. The molecule has 4 saturated carbocycles. The maximum atomic E-state index is 2.78. The van der Waals surface area contributed by atoms with Gasteiger partial charge in [0, 0.05) is 0 Å². The molecule has 5 aliphatic carbocycles. The van der Waals surface area contributed by atoms with Gasteiger partial charge in [-0.15, -0.1) is 0 Å². The van der Waals surface area contributed by atoms with Crippen LogP contribution < -0.4 is 0 Å². The van der Waals surface area contributed by atoms with Crippen molar-refractivity contribution in [1.29, 1.82) is 0 Å². The van der Waals surface area contributed by atoms with Gasteiger partial charge in [0.2, 0.25) is 0 Å². The van der Waals surface area contributed by atoms with Crippen molar-refractivity contribution in [3.05, 3.63) is 11.6 Å². The summed E-state index contributed by atoms with van der Waals surface area (Å²) in [5, 5.41) is 0. The number of hydrogen-bond donors (Lipinski definition) is 0. The first-order chi connectivity index (χ1) is 13.5. The molecule has 8 atom stereocenters. The summed E-state index contributed by atoms with van der Waals surface area (Å²) >= 11 is 0. The Bertz CT molecular complexity index is 697. The fourth-order valence-corrected chi connectivity index (χ4v) is 10.9. The minimum atomic E-state index is 0.525. The van der Waals surface area contributed by atoms with Crippen molar-refractivity contribution >= 4 is 0 Å². The van der Waals surface area contributed by atoms with Gasteiger partial charge >= 0.3 is 0 Å². The molecule has 0 N–H and O–H groups in total. The predicted molar refractivity (Wildman–Crippen MR) is 125 cm³/mol. The fraction of sp³-hybridized carbons (Fsp3) is 0.931. The molecule has 0 aliphatic heterocycles. The monoisotopic (exact) mass is 396 g/mol. The molecule has 0 heterocycles. The standard InChI is InChI=1S/C29H48/c1-19(2)21-10-9-20-13-17-28(6)22(25(20)21)11-12-24-27(5)16-8-15-26(3,4)23(27)14-18-29(24,28)7/h13,19,21-25H,8-12,14-18H2,1-7H3. The summed E-state index contributed by atoms with van der Waals surface area (Å²) in [6.45, 7) is 18.5. The number of hydrogen-bond acceptors (Lipinski definition) is 0. The molecular weight excluding hydrogens is 348 g/mol. The molecule has 29 heavy (non-hydrogen) atoms. The SMILES string of the molecule is CC(C)C1CCC2=CCC3(C)C(CCC4C5(C)CCCC(C)(C)C5CCC43C)C21. The van der Waals surface area contributed by atoms with Crippen LogP contribution in [0.1, 0.15) is 113 Å². The largest absolute Gasteiger partial charge is 0.0845 e. The highest BCUT2D eigenvalue weighted by molar-refractivity contribution is 5.26. The van der Waals surface area contributed by atoms with Crippen LogP contribution in [-0.4, -0.2) is 0 Å². The lowest BCUT2D eigenvalue weighted by molar-refractivity contribution is -0.214. The van der Waals surface area contributed by atoms with E-state index in [9.17, 15) is 0 Å². The number of fused-ring (bicyclic) bond motifs is 7. The van der Waals surface area contributed by atoms with E-state index in [-0.39, 0.29) is 0 Å². The maximum Gasteiger partial charge on any atom is -0.0138 e. The smallest absolute Gasteiger partial charge is 0.0138 e. The lowest BCUT2D eigenvalue weighted by Crippen LogP contribution is -2.64. The van der Waals surface area contributed by atoms with Gasteiger partial charge in [0.1, 0.15) is 0 Å². The van der Waals surface area contributed by atoms with Crippen LogP contribution in [0.5, 0.6) is 0 Å². The van der Waals surface area contributed by atoms with Crippen LogP contribution in [0.15, 0.2) is 11.6 Å². The van der Waals surface area contributed by atoms with Gasteiger partial charge < -0.3 is 0 Å². The van der Waals surface area contributed by atoms with E-state index in [2.05, 4.69) is 54.5 Å². The Kier molecular flexibility index (Phi) is 4.54. The lowest BCUT2D eigenvalue weighted by atomic mass is 9.34. The van der Waals surface area contributed by atoms with Gasteiger partial charge in [-0.25, -0.2) is 0 Å². The van der Waals surface area contributed by atoms with Crippen molar-refractivity contribution in [1.82, 2.24) is 0 Å². The molecular formula is C29H48. The quantitative estimate of drug-likeness (QED) is 0.389. The Balaban J connectivity index is 1.54. The maximum absolute atomic E-state index is 2.78. The fourth-order valence-electron chi connectivity index (χ4n) is 10.9. The Morgan fingerprint density at radius 1 is 0.828 bits per heavy atom. The van der Waals surface area contributed by atoms with Gasteiger partial charge in [-0.3, -0.25) is 0 Å². The third-order valence-electron chi connectivity index (χ3n) is 12.4. The Labute approximate surface area is 181 Å². The first-order valence-corrected chi connectivity index (χ1v) is 13.2. The second-order valence-corrected chi connectivity index (χ2v) is 14.0. The van der Waals surface area contributed by atoms with Gasteiger partial charge in [-0.05, 0) is 115 Å². The first kappa shape index (κ1) is 20.6. The van der Waals surface area contributed by atoms with E-state index >= 15 is 0 Å². The minimum Gasteiger partial charge on any atom is -0.0845 e. The minimum absolute atomic E-state index is 0.525. The van der Waals surface area contributed by atoms with Gasteiger partial charge in [-0.2, -0.15) is 0 Å². The molecule has 0 amide bonds. The second kappa shape index (κ2) is 6.38. The van der Waals surface area contributed by atoms with Gasteiger partial charge in [0.25, 0.3) is 0 Å². The van der Waals surface area contributed by atoms with Gasteiger partial charge in [0.05, 0.1) is 0 Å². The van der Waals surface area contributed by atoms with Crippen molar-refractivity contribution in [2.24, 2.45) is 57.2 Å². The van der Waals surface area contributed by atoms with Crippen LogP contribution in [0, 0.1) is 57.2 Å². The molecule has 0 saturated heterocycles. The zero-order chi connectivity index (χ0) is 20.8. The molecule has 0 aromatic rings. The molecule has 0 aromatic heterocycles. The van der Waals surface area contributed by atoms with Gasteiger partial charge in [-0.1, -0.05) is 66.5 Å². The van der Waals surface area contributed by atoms with E-state index < -0.39 is 0 Å². The highest BCUT2D eigenvalue weighted by atomic mass is 14.7. The Morgan fingerprint density at radius 2 is 1.59 bits per heavy atom. The van der Waals surface area contributed by atoms with Crippen LogP contribution in [0.4, 0.5) is 0 Å². The number of allylic oxidation sites excluding steroid dienone is 2. The predicted octanol–water partition coefficient (Wildman–Crippen LogP) is 8.66. The molecule has 4 fully saturated rings. The van der Waals surface area contributed by atoms with Gasteiger partial charge in [0.15, 0.2) is 0 Å². The Hall–Kier alpha value is -0.260. The topological polar surface area (TPSA) is 0 Å². The highest BCUT2D eigenvalue weighted by Crippen LogP contribution is 2.75. The zero-order valence-corrected chi connectivity index (χ0v) is 20.6. The molecule has 0 spiro atoms. The number of rotatable bonds is 1. The summed E-state index contributed by atoms with van der Waals surface area (Å²) in [6.07, 6.45) is 17.5. The van der Waals surface area contributed by atoms with Crippen molar-refractivity contribution in [2.45, 2.75) is 113 Å². The van der Waals surface area contributed by atoms with E-state index in [0.29, 0.717) is 21.7 Å². The van der Waals surface area contributed by atoms with Crippen molar-refractivity contribution in [2.75, 3.05) is 0 Å². The van der Waals surface area contributed by atoms with Crippen molar-refractivity contribution in [3.8, 4) is 0 Å². The third-order valence-corrected chi connectivity index (χ3v) is 12.4. The molecule has 5 aliphatic rings. The second-order valence-electron chi connectivity index (χ2n) is 14.0. The van der Waals surface area contributed by atoms with E-state index in [0.717, 1.165) is 35.5 Å². The molecule has 0 heteroatoms. The van der Waals surface area contributed by atoms with E-state index in [1.165, 1.54) is 64.2 Å².